The molecule has 0 amide bonds. The molecule has 16 heavy (non-hydrogen) atoms. The van der Waals surface area contributed by atoms with Gasteiger partial charge in [0.15, 0.2) is 0 Å². The van der Waals surface area contributed by atoms with Gasteiger partial charge in [0.25, 0.3) is 0 Å². The van der Waals surface area contributed by atoms with E-state index in [-0.39, 0.29) is 6.10 Å². The largest absolute Gasteiger partial charge is 0.381 e. The van der Waals surface area contributed by atoms with Crippen LogP contribution in [0.2, 0.25) is 0 Å². The summed E-state index contributed by atoms with van der Waals surface area (Å²) in [5.41, 5.74) is 8.04. The van der Waals surface area contributed by atoms with Gasteiger partial charge in [-0.05, 0) is 24.6 Å². The Balaban J connectivity index is 2.20. The van der Waals surface area contributed by atoms with Crippen LogP contribution in [0.1, 0.15) is 12.0 Å². The Morgan fingerprint density at radius 1 is 1.38 bits per heavy atom. The third-order valence-electron chi connectivity index (χ3n) is 2.94. The van der Waals surface area contributed by atoms with Crippen LogP contribution in [0.3, 0.4) is 0 Å². The van der Waals surface area contributed by atoms with Crippen LogP contribution in [0.5, 0.6) is 0 Å². The van der Waals surface area contributed by atoms with Crippen LogP contribution in [0.25, 0.3) is 10.9 Å². The zero-order valence-corrected chi connectivity index (χ0v) is 9.57. The topological polar surface area (TPSA) is 51.0 Å². The lowest BCUT2D eigenvalue weighted by molar-refractivity contribution is 0.0979. The van der Waals surface area contributed by atoms with E-state index >= 15 is 0 Å². The molecular weight excluding hydrogens is 200 g/mol. The molecular formula is C13H18N2O. The summed E-state index contributed by atoms with van der Waals surface area (Å²) in [6.07, 6.45) is 4.09. The van der Waals surface area contributed by atoms with Crippen LogP contribution in [-0.2, 0) is 11.2 Å². The van der Waals surface area contributed by atoms with Crippen LogP contribution in [0.4, 0.5) is 0 Å². The first-order valence-corrected chi connectivity index (χ1v) is 5.63. The molecule has 0 aliphatic heterocycles. The number of methoxy groups -OCH3 is 1. The molecule has 1 unspecified atom stereocenters. The first kappa shape index (κ1) is 11.2. The maximum atomic E-state index is 5.56. The number of benzene rings is 1. The van der Waals surface area contributed by atoms with Gasteiger partial charge in [-0.3, -0.25) is 0 Å². The quantitative estimate of drug-likeness (QED) is 0.807. The van der Waals surface area contributed by atoms with Gasteiger partial charge >= 0.3 is 0 Å². The van der Waals surface area contributed by atoms with Crippen molar-refractivity contribution < 1.29 is 4.74 Å². The molecule has 0 aliphatic carbocycles. The lowest BCUT2D eigenvalue weighted by atomic mass is 10.0. The molecule has 0 saturated carbocycles. The molecule has 3 nitrogen and oxygen atoms in total. The van der Waals surface area contributed by atoms with Gasteiger partial charge in [0, 0.05) is 30.6 Å². The number of hydrogen-bond donors (Lipinski definition) is 2. The van der Waals surface area contributed by atoms with Crippen molar-refractivity contribution in [3.63, 3.8) is 0 Å². The van der Waals surface area contributed by atoms with Crippen molar-refractivity contribution in [3.05, 3.63) is 36.0 Å². The van der Waals surface area contributed by atoms with Crippen molar-refractivity contribution in [2.24, 2.45) is 5.73 Å². The van der Waals surface area contributed by atoms with E-state index < -0.39 is 0 Å². The normalized spacial score (nSPS) is 13.1. The van der Waals surface area contributed by atoms with Gasteiger partial charge in [-0.1, -0.05) is 18.2 Å². The van der Waals surface area contributed by atoms with E-state index in [0.717, 1.165) is 12.8 Å². The number of aromatic amines is 1. The standard InChI is InChI=1S/C13H18N2O/c1-16-11(6-7-14)8-10-9-15-13-5-3-2-4-12(10)13/h2-5,9,11,15H,6-8,14H2,1H3. The Kier molecular flexibility index (Phi) is 3.59. The first-order valence-electron chi connectivity index (χ1n) is 5.63. The van der Waals surface area contributed by atoms with Gasteiger partial charge in [-0.25, -0.2) is 0 Å². The summed E-state index contributed by atoms with van der Waals surface area (Å²) in [5, 5.41) is 1.28. The molecule has 0 saturated heterocycles. The summed E-state index contributed by atoms with van der Waals surface area (Å²) in [5.74, 6) is 0. The molecule has 2 aromatic rings. The Hall–Kier alpha value is -1.32. The number of rotatable bonds is 5. The molecule has 0 bridgehead atoms. The molecule has 0 radical (unpaired) electrons. The molecule has 0 fully saturated rings. The fourth-order valence-corrected chi connectivity index (χ4v) is 2.03. The van der Waals surface area contributed by atoms with Crippen LogP contribution < -0.4 is 5.73 Å². The van der Waals surface area contributed by atoms with E-state index in [2.05, 4.69) is 29.4 Å². The van der Waals surface area contributed by atoms with E-state index in [1.54, 1.807) is 7.11 Å². The van der Waals surface area contributed by atoms with Crippen molar-refractivity contribution >= 4 is 10.9 Å². The lowest BCUT2D eigenvalue weighted by Gasteiger charge is -2.13. The second-order valence-corrected chi connectivity index (χ2v) is 4.00. The minimum Gasteiger partial charge on any atom is -0.381 e. The van der Waals surface area contributed by atoms with Gasteiger partial charge < -0.3 is 15.5 Å². The summed E-state index contributed by atoms with van der Waals surface area (Å²) in [7, 11) is 1.75. The van der Waals surface area contributed by atoms with Crippen LogP contribution in [0, 0.1) is 0 Å². The lowest BCUT2D eigenvalue weighted by Crippen LogP contribution is -2.18. The van der Waals surface area contributed by atoms with Crippen molar-refractivity contribution in [2.75, 3.05) is 13.7 Å². The van der Waals surface area contributed by atoms with E-state index in [9.17, 15) is 0 Å². The molecule has 1 aromatic carbocycles. The Morgan fingerprint density at radius 2 is 2.19 bits per heavy atom. The van der Waals surface area contributed by atoms with Crippen molar-refractivity contribution in [2.45, 2.75) is 18.9 Å². The predicted molar refractivity (Wildman–Crippen MR) is 66.5 cm³/mol. The van der Waals surface area contributed by atoms with Crippen molar-refractivity contribution in [3.8, 4) is 0 Å². The molecule has 0 spiro atoms. The second kappa shape index (κ2) is 5.14. The number of nitrogens with two attached hydrogens (primary N) is 1. The second-order valence-electron chi connectivity index (χ2n) is 4.00. The Morgan fingerprint density at radius 3 is 2.94 bits per heavy atom. The summed E-state index contributed by atoms with van der Waals surface area (Å²) in [6.45, 7) is 0.668. The zero-order chi connectivity index (χ0) is 11.4. The Bertz CT molecular complexity index is 450. The number of nitrogens with one attached hydrogen (secondary N) is 1. The molecule has 0 aliphatic rings. The highest BCUT2D eigenvalue weighted by molar-refractivity contribution is 5.83. The molecule has 86 valence electrons. The maximum absolute atomic E-state index is 5.56. The van der Waals surface area contributed by atoms with Crippen molar-refractivity contribution in [1.82, 2.24) is 4.98 Å². The minimum absolute atomic E-state index is 0.212. The third-order valence-corrected chi connectivity index (χ3v) is 2.94. The average Bonchev–Trinajstić information content (AvgIpc) is 2.72. The van der Waals surface area contributed by atoms with Gasteiger partial charge in [0.2, 0.25) is 0 Å². The van der Waals surface area contributed by atoms with Crippen LogP contribution >= 0.6 is 0 Å². The fraction of sp³-hybridized carbons (Fsp3) is 0.385. The van der Waals surface area contributed by atoms with Crippen molar-refractivity contribution in [1.29, 1.82) is 0 Å². The monoisotopic (exact) mass is 218 g/mol. The highest BCUT2D eigenvalue weighted by Gasteiger charge is 2.10. The van der Waals surface area contributed by atoms with E-state index in [1.165, 1.54) is 16.5 Å². The number of fused-ring (bicyclic) bond motifs is 1. The number of hydrogen-bond acceptors (Lipinski definition) is 2. The van der Waals surface area contributed by atoms with Crippen LogP contribution in [-0.4, -0.2) is 24.7 Å². The summed E-state index contributed by atoms with van der Waals surface area (Å²) < 4.78 is 5.42. The highest BCUT2D eigenvalue weighted by atomic mass is 16.5. The average molecular weight is 218 g/mol. The molecule has 2 rings (SSSR count). The van der Waals surface area contributed by atoms with Gasteiger partial charge in [-0.15, -0.1) is 0 Å². The number of para-hydroxylation sites is 1. The SMILES string of the molecule is COC(CCN)Cc1c[nH]c2ccccc12. The van der Waals surface area contributed by atoms with E-state index in [1.807, 2.05) is 6.07 Å². The molecule has 3 N–H and O–H groups in total. The molecule has 3 heteroatoms. The number of H-pyrrole nitrogens is 1. The summed E-state index contributed by atoms with van der Waals surface area (Å²) in [4.78, 5) is 3.27. The summed E-state index contributed by atoms with van der Waals surface area (Å²) in [6, 6.07) is 8.32. The molecule has 1 atom stereocenters. The van der Waals surface area contributed by atoms with E-state index in [4.69, 9.17) is 10.5 Å². The maximum Gasteiger partial charge on any atom is 0.0624 e. The van der Waals surface area contributed by atoms with Gasteiger partial charge in [0.1, 0.15) is 0 Å². The molecule has 1 heterocycles. The Labute approximate surface area is 95.6 Å². The van der Waals surface area contributed by atoms with Gasteiger partial charge in [-0.2, -0.15) is 0 Å². The van der Waals surface area contributed by atoms with Crippen LogP contribution in [0.15, 0.2) is 30.5 Å². The predicted octanol–water partition coefficient (Wildman–Crippen LogP) is 2.07. The summed E-state index contributed by atoms with van der Waals surface area (Å²) >= 11 is 0. The van der Waals surface area contributed by atoms with E-state index in [0.29, 0.717) is 6.54 Å². The highest BCUT2D eigenvalue weighted by Crippen LogP contribution is 2.20. The third kappa shape index (κ3) is 2.26. The first-order chi connectivity index (χ1) is 7.85. The fourth-order valence-electron chi connectivity index (χ4n) is 2.03. The number of aromatic nitrogens is 1. The number of ether oxygens (including phenoxy) is 1. The molecule has 1 aromatic heterocycles. The van der Waals surface area contributed by atoms with Gasteiger partial charge in [0.05, 0.1) is 6.10 Å². The smallest absolute Gasteiger partial charge is 0.0624 e. The minimum atomic E-state index is 0.212. The zero-order valence-electron chi connectivity index (χ0n) is 9.57.